The zero-order valence-corrected chi connectivity index (χ0v) is 38.0. The van der Waals surface area contributed by atoms with Crippen molar-refractivity contribution in [2.24, 2.45) is 11.8 Å². The molecule has 2 saturated carbocycles. The van der Waals surface area contributed by atoms with Crippen molar-refractivity contribution >= 4 is 23.9 Å². The van der Waals surface area contributed by atoms with E-state index in [1.54, 1.807) is 0 Å². The van der Waals surface area contributed by atoms with Crippen LogP contribution in [-0.2, 0) is 64.5 Å². The van der Waals surface area contributed by atoms with E-state index < -0.39 is 35.7 Å². The molecule has 0 amide bonds. The topological polar surface area (TPSA) is 149 Å². The fraction of sp³-hybridized carbons (Fsp3) is 0.455. The molecule has 0 aliphatic heterocycles. The van der Waals surface area contributed by atoms with E-state index in [-0.39, 0.29) is 45.3 Å². The first-order chi connectivity index (χ1) is 29.5. The van der Waals surface area contributed by atoms with E-state index in [1.807, 2.05) is 24.3 Å². The molecule has 0 saturated heterocycles. The molecule has 0 spiro atoms. The van der Waals surface area contributed by atoms with Crippen LogP contribution in [-0.4, -0.2) is 44.3 Å². The Bertz CT molecular complexity index is 2540. The van der Waals surface area contributed by atoms with Gasteiger partial charge in [0.25, 0.3) is 0 Å². The number of allylic oxidation sites excluding steroid dienone is 2. The zero-order valence-electron chi connectivity index (χ0n) is 38.0. The predicted molar refractivity (Wildman–Crippen MR) is 244 cm³/mol. The molecule has 4 aliphatic rings. The Hall–Kier alpha value is -5.50. The number of carbonyl (C=O) groups is 4. The number of fused-ring (bicyclic) bond motifs is 2. The van der Waals surface area contributed by atoms with Gasteiger partial charge in [-0.3, -0.25) is 19.2 Å². The standard InChI is InChI=1S/C55H62O8/c1-32-25-42-45(30-41(32)55(23-24-55)37-15-11-35(12-16-37)28-39(48(60)61)49(62)63)53(8,20-17-50(42,3)4)31-52(7)19-18-51(5,6)43-29-40(33(2)26-44(43)52)54(21-22-54)36-13-9-34(10-14-36)27-38(46(56)57)47(58)59/h9-17,20,25-26,29-30,38-39H,18-19,21-24,27-28,31H2,1-8H3,(H,56,57)(H,58,59)(H,60,61)(H,62,63). The number of rotatable bonds is 14. The van der Waals surface area contributed by atoms with Crippen LogP contribution in [0.15, 0.2) is 84.9 Å². The first kappa shape index (κ1) is 44.1. The maximum Gasteiger partial charge on any atom is 0.318 e. The summed E-state index contributed by atoms with van der Waals surface area (Å²) in [5, 5.41) is 37.9. The molecule has 8 heteroatoms. The molecule has 2 fully saturated rings. The van der Waals surface area contributed by atoms with Gasteiger partial charge in [-0.2, -0.15) is 0 Å². The number of aliphatic carboxylic acids is 4. The van der Waals surface area contributed by atoms with Gasteiger partial charge in [0.15, 0.2) is 11.8 Å². The van der Waals surface area contributed by atoms with E-state index in [4.69, 9.17) is 0 Å². The van der Waals surface area contributed by atoms with Crippen LogP contribution in [0.25, 0.3) is 0 Å². The van der Waals surface area contributed by atoms with Crippen LogP contribution in [0.1, 0.15) is 153 Å². The highest BCUT2D eigenvalue weighted by Crippen LogP contribution is 2.60. The molecule has 0 radical (unpaired) electrons. The molecule has 4 aromatic carbocycles. The minimum absolute atomic E-state index is 0.0243. The van der Waals surface area contributed by atoms with Gasteiger partial charge in [0.1, 0.15) is 0 Å². The Labute approximate surface area is 371 Å². The second kappa shape index (κ2) is 15.1. The van der Waals surface area contributed by atoms with Crippen molar-refractivity contribution in [3.8, 4) is 0 Å². The van der Waals surface area contributed by atoms with Crippen molar-refractivity contribution in [1.82, 2.24) is 0 Å². The van der Waals surface area contributed by atoms with E-state index in [9.17, 15) is 39.6 Å². The van der Waals surface area contributed by atoms with Crippen LogP contribution in [0, 0.1) is 25.7 Å². The summed E-state index contributed by atoms with van der Waals surface area (Å²) in [6, 6.07) is 25.8. The summed E-state index contributed by atoms with van der Waals surface area (Å²) in [5.41, 5.74) is 13.8. The van der Waals surface area contributed by atoms with Gasteiger partial charge in [-0.25, -0.2) is 0 Å². The summed E-state index contributed by atoms with van der Waals surface area (Å²) in [6.07, 6.45) is 11.9. The fourth-order valence-electron chi connectivity index (χ4n) is 11.7. The minimum Gasteiger partial charge on any atom is -0.481 e. The van der Waals surface area contributed by atoms with Gasteiger partial charge in [-0.1, -0.05) is 126 Å². The number of hydrogen-bond acceptors (Lipinski definition) is 4. The van der Waals surface area contributed by atoms with Crippen LogP contribution in [0.3, 0.4) is 0 Å². The van der Waals surface area contributed by atoms with Crippen molar-refractivity contribution in [3.63, 3.8) is 0 Å². The van der Waals surface area contributed by atoms with E-state index in [0.717, 1.165) is 44.9 Å². The van der Waals surface area contributed by atoms with Gasteiger partial charge >= 0.3 is 23.9 Å². The number of carboxylic acids is 4. The van der Waals surface area contributed by atoms with Gasteiger partial charge in [0, 0.05) is 21.7 Å². The van der Waals surface area contributed by atoms with Crippen molar-refractivity contribution in [1.29, 1.82) is 0 Å². The summed E-state index contributed by atoms with van der Waals surface area (Å²) < 4.78 is 0. The molecular weight excluding hydrogens is 789 g/mol. The normalized spacial score (nSPS) is 23.1. The third kappa shape index (κ3) is 7.61. The Balaban J connectivity index is 1.13. The lowest BCUT2D eigenvalue weighted by atomic mass is 9.54. The molecule has 8 nitrogen and oxygen atoms in total. The summed E-state index contributed by atoms with van der Waals surface area (Å²) in [5.74, 6) is -8.26. The summed E-state index contributed by atoms with van der Waals surface area (Å²) in [7, 11) is 0. The Kier molecular flexibility index (Phi) is 10.5. The third-order valence-electron chi connectivity index (χ3n) is 16.0. The highest BCUT2D eigenvalue weighted by Gasteiger charge is 2.52. The van der Waals surface area contributed by atoms with Crippen LogP contribution in [0.5, 0.6) is 0 Å². The van der Waals surface area contributed by atoms with Gasteiger partial charge in [0.05, 0.1) is 0 Å². The molecule has 0 bridgehead atoms. The molecule has 4 aromatic rings. The molecule has 4 aliphatic carbocycles. The maximum atomic E-state index is 11.6. The largest absolute Gasteiger partial charge is 0.481 e. The SMILES string of the molecule is Cc1cc2c(cc1C1(c3ccc(CC(C(=O)O)C(=O)O)cc3)CC1)C(C)(C)CCC2(C)CC1(C)C=CC(C)(C)c2cc(C)c(C3(c4ccc(CC(C(=O)O)C(=O)O)cc4)CC3)cc21. The molecule has 2 unspecified atom stereocenters. The summed E-state index contributed by atoms with van der Waals surface area (Å²) in [6.45, 7) is 18.8. The van der Waals surface area contributed by atoms with Crippen LogP contribution < -0.4 is 0 Å². The predicted octanol–water partition coefficient (Wildman–Crippen LogP) is 10.6. The van der Waals surface area contributed by atoms with E-state index in [1.165, 1.54) is 55.6 Å². The molecule has 330 valence electrons. The molecule has 2 atom stereocenters. The zero-order chi connectivity index (χ0) is 45.7. The fourth-order valence-corrected chi connectivity index (χ4v) is 11.7. The molecule has 8 rings (SSSR count). The smallest absolute Gasteiger partial charge is 0.318 e. The molecule has 4 N–H and O–H groups in total. The Morgan fingerprint density at radius 3 is 1.32 bits per heavy atom. The highest BCUT2D eigenvalue weighted by atomic mass is 16.4. The van der Waals surface area contributed by atoms with E-state index in [2.05, 4.69) is 116 Å². The molecular formula is C55H62O8. The van der Waals surface area contributed by atoms with Gasteiger partial charge < -0.3 is 20.4 Å². The number of benzene rings is 4. The lowest BCUT2D eigenvalue weighted by molar-refractivity contribution is -0.156. The number of carboxylic acid groups (broad SMARTS) is 4. The van der Waals surface area contributed by atoms with E-state index >= 15 is 0 Å². The van der Waals surface area contributed by atoms with Crippen molar-refractivity contribution in [2.45, 2.75) is 146 Å². The third-order valence-corrected chi connectivity index (χ3v) is 16.0. The minimum atomic E-state index is -1.48. The summed E-state index contributed by atoms with van der Waals surface area (Å²) >= 11 is 0. The average molecular weight is 851 g/mol. The van der Waals surface area contributed by atoms with Crippen molar-refractivity contribution in [2.75, 3.05) is 0 Å². The average Bonchev–Trinajstić information content (AvgIpc) is 4.16. The number of aryl methyl sites for hydroxylation is 2. The van der Waals surface area contributed by atoms with Gasteiger partial charge in [-0.15, -0.1) is 0 Å². The lowest BCUT2D eigenvalue weighted by Gasteiger charge is -2.49. The monoisotopic (exact) mass is 850 g/mol. The first-order valence-corrected chi connectivity index (χ1v) is 22.6. The summed E-state index contributed by atoms with van der Waals surface area (Å²) in [4.78, 5) is 46.4. The second-order valence-corrected chi connectivity index (χ2v) is 21.4. The Morgan fingerprint density at radius 1 is 0.492 bits per heavy atom. The van der Waals surface area contributed by atoms with Crippen molar-refractivity contribution < 1.29 is 39.6 Å². The van der Waals surface area contributed by atoms with E-state index in [0.29, 0.717) is 11.1 Å². The van der Waals surface area contributed by atoms with Gasteiger partial charge in [-0.05, 0) is 149 Å². The number of hydrogen-bond donors (Lipinski definition) is 4. The van der Waals surface area contributed by atoms with Crippen molar-refractivity contribution in [3.05, 3.63) is 152 Å². The second-order valence-electron chi connectivity index (χ2n) is 21.4. The van der Waals surface area contributed by atoms with Crippen LogP contribution >= 0.6 is 0 Å². The Morgan fingerprint density at radius 2 is 0.905 bits per heavy atom. The molecule has 63 heavy (non-hydrogen) atoms. The van der Waals surface area contributed by atoms with Gasteiger partial charge in [0.2, 0.25) is 0 Å². The van der Waals surface area contributed by atoms with Crippen LogP contribution in [0.4, 0.5) is 0 Å². The maximum absolute atomic E-state index is 11.6. The lowest BCUT2D eigenvalue weighted by Crippen LogP contribution is -2.42. The quantitative estimate of drug-likeness (QED) is 0.0724. The highest BCUT2D eigenvalue weighted by molar-refractivity contribution is 5.93. The van der Waals surface area contributed by atoms with Crippen LogP contribution in [0.2, 0.25) is 0 Å². The molecule has 0 heterocycles. The molecule has 0 aromatic heterocycles. The first-order valence-electron chi connectivity index (χ1n) is 22.6.